The van der Waals surface area contributed by atoms with Crippen molar-refractivity contribution in [2.45, 2.75) is 0 Å². The summed E-state index contributed by atoms with van der Waals surface area (Å²) in [7, 11) is 4.36. The van der Waals surface area contributed by atoms with Crippen molar-refractivity contribution in [1.82, 2.24) is 9.78 Å². The number of nitrogens with one attached hydrogen (secondary N) is 1. The summed E-state index contributed by atoms with van der Waals surface area (Å²) in [5.74, 6) is 0.701. The van der Waals surface area contributed by atoms with E-state index in [2.05, 4.69) is 5.10 Å². The van der Waals surface area contributed by atoms with E-state index < -0.39 is 5.56 Å². The summed E-state index contributed by atoms with van der Waals surface area (Å²) in [6, 6.07) is 3.19. The summed E-state index contributed by atoms with van der Waals surface area (Å²) in [5, 5.41) is 2.84. The van der Waals surface area contributed by atoms with Crippen molar-refractivity contribution in [3.63, 3.8) is 0 Å². The lowest BCUT2D eigenvalue weighted by Crippen LogP contribution is -2.28. The van der Waals surface area contributed by atoms with Crippen molar-refractivity contribution in [3.05, 3.63) is 32.8 Å². The van der Waals surface area contributed by atoms with E-state index in [1.54, 1.807) is 12.1 Å². The Bertz CT molecular complexity index is 684. The molecule has 0 saturated carbocycles. The van der Waals surface area contributed by atoms with Crippen LogP contribution in [0.1, 0.15) is 0 Å². The zero-order valence-corrected chi connectivity index (χ0v) is 9.73. The second-order valence-corrected chi connectivity index (χ2v) is 3.53. The van der Waals surface area contributed by atoms with E-state index in [-0.39, 0.29) is 16.3 Å². The zero-order chi connectivity index (χ0) is 12.6. The molecule has 2 rings (SSSR count). The fourth-order valence-corrected chi connectivity index (χ4v) is 1.77. The van der Waals surface area contributed by atoms with E-state index >= 15 is 0 Å². The number of aromatic nitrogens is 2. The van der Waals surface area contributed by atoms with E-state index in [4.69, 9.17) is 9.47 Å². The fraction of sp³-hybridized carbons (Fsp3) is 0.273. The van der Waals surface area contributed by atoms with Gasteiger partial charge in [0.1, 0.15) is 11.5 Å². The number of hydrogen-bond acceptors (Lipinski definition) is 4. The number of ether oxygens (including phenoxy) is 2. The van der Waals surface area contributed by atoms with Crippen LogP contribution in [0.5, 0.6) is 11.5 Å². The van der Waals surface area contributed by atoms with E-state index in [1.807, 2.05) is 0 Å². The highest BCUT2D eigenvalue weighted by Crippen LogP contribution is 2.27. The Hall–Kier alpha value is -2.24. The third-order valence-electron chi connectivity index (χ3n) is 2.58. The Morgan fingerprint density at radius 1 is 1.06 bits per heavy atom. The van der Waals surface area contributed by atoms with Crippen LogP contribution in [0.3, 0.4) is 0 Å². The summed E-state index contributed by atoms with van der Waals surface area (Å²) in [4.78, 5) is 23.8. The van der Waals surface area contributed by atoms with Gasteiger partial charge in [-0.25, -0.2) is 0 Å². The lowest BCUT2D eigenvalue weighted by atomic mass is 10.1. The molecule has 0 amide bonds. The Kier molecular flexibility index (Phi) is 2.63. The van der Waals surface area contributed by atoms with E-state index in [0.717, 1.165) is 4.68 Å². The van der Waals surface area contributed by atoms with Gasteiger partial charge in [-0.15, -0.1) is 0 Å². The maximum Gasteiger partial charge on any atom is 0.276 e. The van der Waals surface area contributed by atoms with Crippen molar-refractivity contribution in [2.75, 3.05) is 14.2 Å². The molecule has 1 aromatic heterocycles. The third-order valence-corrected chi connectivity index (χ3v) is 2.58. The lowest BCUT2D eigenvalue weighted by Gasteiger charge is -2.09. The highest BCUT2D eigenvalue weighted by atomic mass is 16.5. The predicted molar refractivity (Wildman–Crippen MR) is 62.9 cm³/mol. The topological polar surface area (TPSA) is 73.3 Å². The van der Waals surface area contributed by atoms with E-state index in [0.29, 0.717) is 11.5 Å². The molecule has 0 unspecified atom stereocenters. The number of rotatable bonds is 2. The standard InChI is InChI=1S/C11H12N2O4/c1-13-11(15)9-7(17-3)5-4-6(16-2)8(9)10(14)12-13/h4-5H,1-3H3,(H,12,14). The molecule has 6 heteroatoms. The van der Waals surface area contributed by atoms with Crippen molar-refractivity contribution < 1.29 is 9.47 Å². The van der Waals surface area contributed by atoms with Crippen molar-refractivity contribution in [3.8, 4) is 11.5 Å². The summed E-state index contributed by atoms with van der Waals surface area (Å²) >= 11 is 0. The molecular weight excluding hydrogens is 224 g/mol. The van der Waals surface area contributed by atoms with Crippen LogP contribution in [0, 0.1) is 0 Å². The van der Waals surface area contributed by atoms with Crippen molar-refractivity contribution >= 4 is 10.8 Å². The minimum Gasteiger partial charge on any atom is -0.496 e. The van der Waals surface area contributed by atoms with Gasteiger partial charge in [0.05, 0.1) is 25.0 Å². The monoisotopic (exact) mass is 236 g/mol. The van der Waals surface area contributed by atoms with Crippen LogP contribution < -0.4 is 20.6 Å². The Morgan fingerprint density at radius 3 is 2.12 bits per heavy atom. The smallest absolute Gasteiger partial charge is 0.276 e. The molecule has 17 heavy (non-hydrogen) atoms. The first-order valence-electron chi connectivity index (χ1n) is 4.94. The molecule has 6 nitrogen and oxygen atoms in total. The van der Waals surface area contributed by atoms with Gasteiger partial charge in [0.15, 0.2) is 0 Å². The molecule has 0 saturated heterocycles. The highest BCUT2D eigenvalue weighted by Gasteiger charge is 2.15. The Labute approximate surface area is 96.4 Å². The van der Waals surface area contributed by atoms with Gasteiger partial charge < -0.3 is 9.47 Å². The quantitative estimate of drug-likeness (QED) is 0.810. The van der Waals surface area contributed by atoms with Gasteiger partial charge in [0, 0.05) is 7.05 Å². The maximum atomic E-state index is 12.0. The Balaban J connectivity index is 3.11. The molecule has 0 aliphatic heterocycles. The molecule has 0 fully saturated rings. The number of aromatic amines is 1. The number of nitrogens with zero attached hydrogens (tertiary/aromatic N) is 1. The normalized spacial score (nSPS) is 10.5. The molecule has 0 aliphatic carbocycles. The first-order valence-corrected chi connectivity index (χ1v) is 4.94. The zero-order valence-electron chi connectivity index (χ0n) is 9.73. The number of aryl methyl sites for hydroxylation is 1. The van der Waals surface area contributed by atoms with Gasteiger partial charge in [0.2, 0.25) is 0 Å². The second kappa shape index (κ2) is 3.97. The van der Waals surface area contributed by atoms with Crippen LogP contribution in [0.2, 0.25) is 0 Å². The van der Waals surface area contributed by atoms with Crippen LogP contribution in [0.15, 0.2) is 21.7 Å². The van der Waals surface area contributed by atoms with Crippen LogP contribution in [-0.2, 0) is 7.05 Å². The maximum absolute atomic E-state index is 12.0. The molecule has 90 valence electrons. The summed E-state index contributed by atoms with van der Waals surface area (Å²) < 4.78 is 11.3. The largest absolute Gasteiger partial charge is 0.496 e. The number of hydrogen-bond donors (Lipinski definition) is 1. The van der Waals surface area contributed by atoms with E-state index in [9.17, 15) is 9.59 Å². The average molecular weight is 236 g/mol. The highest BCUT2D eigenvalue weighted by molar-refractivity contribution is 5.91. The van der Waals surface area contributed by atoms with Gasteiger partial charge in [0.25, 0.3) is 11.1 Å². The van der Waals surface area contributed by atoms with Gasteiger partial charge in [-0.2, -0.15) is 0 Å². The number of methoxy groups -OCH3 is 2. The first-order chi connectivity index (χ1) is 8.10. The molecule has 0 bridgehead atoms. The molecule has 1 N–H and O–H groups in total. The van der Waals surface area contributed by atoms with Gasteiger partial charge in [-0.1, -0.05) is 0 Å². The van der Waals surface area contributed by atoms with Crippen molar-refractivity contribution in [2.24, 2.45) is 7.05 Å². The molecule has 0 aliphatic rings. The third kappa shape index (κ3) is 1.57. The lowest BCUT2D eigenvalue weighted by molar-refractivity contribution is 0.409. The van der Waals surface area contributed by atoms with E-state index in [1.165, 1.54) is 21.3 Å². The summed E-state index contributed by atoms with van der Waals surface area (Å²) in [5.41, 5.74) is -0.729. The predicted octanol–water partition coefficient (Wildman–Crippen LogP) is 0.244. The molecule has 1 heterocycles. The molecule has 2 aromatic rings. The first kappa shape index (κ1) is 11.3. The molecule has 1 aromatic carbocycles. The van der Waals surface area contributed by atoms with Gasteiger partial charge >= 0.3 is 0 Å². The molecule has 0 atom stereocenters. The average Bonchev–Trinajstić information content (AvgIpc) is 2.34. The molecular formula is C11H12N2O4. The van der Waals surface area contributed by atoms with Crippen LogP contribution >= 0.6 is 0 Å². The minimum atomic E-state index is -0.391. The molecule has 0 spiro atoms. The summed E-state index contributed by atoms with van der Waals surface area (Å²) in [6.45, 7) is 0. The Morgan fingerprint density at radius 2 is 1.59 bits per heavy atom. The summed E-state index contributed by atoms with van der Waals surface area (Å²) in [6.07, 6.45) is 0. The second-order valence-electron chi connectivity index (χ2n) is 3.53. The number of benzene rings is 1. The number of H-pyrrole nitrogens is 1. The SMILES string of the molecule is COc1ccc(OC)c2c(=O)n(C)[nH]c(=O)c12. The van der Waals surface area contributed by atoms with Crippen LogP contribution in [-0.4, -0.2) is 24.0 Å². The fourth-order valence-electron chi connectivity index (χ4n) is 1.77. The van der Waals surface area contributed by atoms with Crippen molar-refractivity contribution in [1.29, 1.82) is 0 Å². The van der Waals surface area contributed by atoms with Crippen LogP contribution in [0.4, 0.5) is 0 Å². The van der Waals surface area contributed by atoms with Gasteiger partial charge in [-0.3, -0.25) is 19.4 Å². The molecule has 0 radical (unpaired) electrons. The van der Waals surface area contributed by atoms with Gasteiger partial charge in [-0.05, 0) is 12.1 Å². The minimum absolute atomic E-state index is 0.204. The van der Waals surface area contributed by atoms with Crippen LogP contribution in [0.25, 0.3) is 10.8 Å². The number of fused-ring (bicyclic) bond motifs is 1.